The molecule has 0 saturated carbocycles. The minimum absolute atomic E-state index is 0.353. The van der Waals surface area contributed by atoms with Crippen molar-refractivity contribution in [1.29, 1.82) is 0 Å². The summed E-state index contributed by atoms with van der Waals surface area (Å²) in [6, 6.07) is 1.85. The van der Waals surface area contributed by atoms with Gasteiger partial charge in [0.25, 0.3) is 0 Å². The molecule has 1 aliphatic rings. The molecule has 0 radical (unpaired) electrons. The number of aromatic nitrogens is 2. The molecule has 94 valence electrons. The van der Waals surface area contributed by atoms with Crippen LogP contribution in [0.3, 0.4) is 0 Å². The van der Waals surface area contributed by atoms with Crippen LogP contribution in [0.5, 0.6) is 0 Å². The fourth-order valence-corrected chi connectivity index (χ4v) is 2.13. The Kier molecular flexibility index (Phi) is 3.33. The summed E-state index contributed by atoms with van der Waals surface area (Å²) in [6.07, 6.45) is 3.24. The van der Waals surface area contributed by atoms with E-state index < -0.39 is 0 Å². The normalized spacial score (nSPS) is 25.2. The zero-order valence-corrected chi connectivity index (χ0v) is 10.9. The topological polar surface area (TPSA) is 61.0 Å². The van der Waals surface area contributed by atoms with E-state index >= 15 is 0 Å². The van der Waals surface area contributed by atoms with Gasteiger partial charge in [-0.3, -0.25) is 0 Å². The number of rotatable bonds is 2. The predicted octanol–water partition coefficient (Wildman–Crippen LogP) is 2.60. The molecule has 1 saturated heterocycles. The van der Waals surface area contributed by atoms with Crippen molar-refractivity contribution in [3.8, 4) is 0 Å². The minimum atomic E-state index is -0.364. The third kappa shape index (κ3) is 2.57. The van der Waals surface area contributed by atoms with Gasteiger partial charge in [-0.2, -0.15) is 0 Å². The maximum Gasteiger partial charge on any atom is 0.162 e. The Morgan fingerprint density at radius 2 is 2.12 bits per heavy atom. The molecule has 2 N–H and O–H groups in total. The second-order valence-electron chi connectivity index (χ2n) is 5.23. The Morgan fingerprint density at radius 1 is 1.35 bits per heavy atom. The highest BCUT2D eigenvalue weighted by Crippen LogP contribution is 2.33. The van der Waals surface area contributed by atoms with Gasteiger partial charge in [-0.05, 0) is 32.1 Å². The van der Waals surface area contributed by atoms with Crippen molar-refractivity contribution in [3.05, 3.63) is 17.6 Å². The summed E-state index contributed by atoms with van der Waals surface area (Å²) in [7, 11) is 0. The maximum atomic E-state index is 5.86. The van der Waals surface area contributed by atoms with Gasteiger partial charge in [0, 0.05) is 18.4 Å². The molecule has 1 aromatic rings. The van der Waals surface area contributed by atoms with Crippen molar-refractivity contribution in [2.45, 2.75) is 51.6 Å². The van der Waals surface area contributed by atoms with Crippen LogP contribution < -0.4 is 5.73 Å². The molecule has 0 amide bonds. The Hall–Kier alpha value is -1.16. The van der Waals surface area contributed by atoms with E-state index in [9.17, 15) is 0 Å². The van der Waals surface area contributed by atoms with Crippen molar-refractivity contribution in [2.75, 3.05) is 12.3 Å². The van der Waals surface area contributed by atoms with E-state index in [4.69, 9.17) is 10.5 Å². The molecule has 1 aliphatic heterocycles. The standard InChI is InChI=1S/C13H21N3O/c1-9(2)10-8-11(14)16-12(15-10)13(3)6-4-5-7-17-13/h8-9H,4-7H2,1-3H3,(H2,14,15,16). The second kappa shape index (κ2) is 4.61. The molecule has 1 fully saturated rings. The lowest BCUT2D eigenvalue weighted by molar-refractivity contribution is -0.0761. The van der Waals surface area contributed by atoms with E-state index in [0.717, 1.165) is 37.4 Å². The van der Waals surface area contributed by atoms with Gasteiger partial charge in [0.2, 0.25) is 0 Å². The number of nitrogen functional groups attached to an aromatic ring is 1. The number of anilines is 1. The summed E-state index contributed by atoms with van der Waals surface area (Å²) in [5, 5.41) is 0. The molecule has 17 heavy (non-hydrogen) atoms. The molecule has 4 heteroatoms. The number of nitrogens with two attached hydrogens (primary N) is 1. The zero-order valence-electron chi connectivity index (χ0n) is 10.9. The average molecular weight is 235 g/mol. The van der Waals surface area contributed by atoms with Crippen LogP contribution >= 0.6 is 0 Å². The molecule has 0 spiro atoms. The summed E-state index contributed by atoms with van der Waals surface area (Å²) >= 11 is 0. The molecule has 4 nitrogen and oxygen atoms in total. The van der Waals surface area contributed by atoms with E-state index in [0.29, 0.717) is 11.7 Å². The summed E-state index contributed by atoms with van der Waals surface area (Å²) in [5.41, 5.74) is 6.48. The van der Waals surface area contributed by atoms with E-state index in [1.165, 1.54) is 0 Å². The Morgan fingerprint density at radius 3 is 2.71 bits per heavy atom. The van der Waals surface area contributed by atoms with Gasteiger partial charge < -0.3 is 10.5 Å². The van der Waals surface area contributed by atoms with Crippen LogP contribution in [0.2, 0.25) is 0 Å². The molecular formula is C13H21N3O. The van der Waals surface area contributed by atoms with Gasteiger partial charge in [-0.15, -0.1) is 0 Å². The van der Waals surface area contributed by atoms with Crippen LogP contribution in [0.1, 0.15) is 57.5 Å². The second-order valence-corrected chi connectivity index (χ2v) is 5.23. The van der Waals surface area contributed by atoms with Gasteiger partial charge in [0.15, 0.2) is 5.82 Å². The van der Waals surface area contributed by atoms with E-state index in [1.807, 2.05) is 6.07 Å². The Labute approximate surface area is 103 Å². The predicted molar refractivity (Wildman–Crippen MR) is 67.7 cm³/mol. The average Bonchev–Trinajstić information content (AvgIpc) is 2.29. The number of nitrogens with zero attached hydrogens (tertiary/aromatic N) is 2. The van der Waals surface area contributed by atoms with Gasteiger partial charge in [-0.25, -0.2) is 9.97 Å². The van der Waals surface area contributed by atoms with Gasteiger partial charge in [0.05, 0.1) is 0 Å². The van der Waals surface area contributed by atoms with E-state index in [1.54, 1.807) is 0 Å². The quantitative estimate of drug-likeness (QED) is 0.856. The molecule has 1 atom stereocenters. The number of hydrogen-bond acceptors (Lipinski definition) is 4. The van der Waals surface area contributed by atoms with E-state index in [2.05, 4.69) is 30.7 Å². The molecule has 0 aliphatic carbocycles. The Balaban J connectivity index is 2.37. The highest BCUT2D eigenvalue weighted by Gasteiger charge is 2.33. The lowest BCUT2D eigenvalue weighted by Gasteiger charge is -2.32. The third-order valence-electron chi connectivity index (χ3n) is 3.30. The van der Waals surface area contributed by atoms with Crippen LogP contribution in [-0.2, 0) is 10.3 Å². The largest absolute Gasteiger partial charge is 0.384 e. The summed E-state index contributed by atoms with van der Waals surface area (Å²) in [6.45, 7) is 7.06. The van der Waals surface area contributed by atoms with Crippen LogP contribution in [-0.4, -0.2) is 16.6 Å². The highest BCUT2D eigenvalue weighted by molar-refractivity contribution is 5.32. The van der Waals surface area contributed by atoms with Crippen molar-refractivity contribution in [1.82, 2.24) is 9.97 Å². The molecule has 1 aromatic heterocycles. The van der Waals surface area contributed by atoms with Crippen LogP contribution in [0.4, 0.5) is 5.82 Å². The molecule has 2 heterocycles. The van der Waals surface area contributed by atoms with Crippen LogP contribution in [0.15, 0.2) is 6.07 Å². The van der Waals surface area contributed by atoms with Crippen molar-refractivity contribution >= 4 is 5.82 Å². The number of hydrogen-bond donors (Lipinski definition) is 1. The number of ether oxygens (including phenoxy) is 1. The Bertz CT molecular complexity index is 398. The lowest BCUT2D eigenvalue weighted by Crippen LogP contribution is -2.33. The van der Waals surface area contributed by atoms with E-state index in [-0.39, 0.29) is 5.60 Å². The highest BCUT2D eigenvalue weighted by atomic mass is 16.5. The monoisotopic (exact) mass is 235 g/mol. The summed E-state index contributed by atoms with van der Waals surface area (Å²) in [5.74, 6) is 1.63. The van der Waals surface area contributed by atoms with Crippen LogP contribution in [0, 0.1) is 0 Å². The lowest BCUT2D eigenvalue weighted by atomic mass is 9.94. The summed E-state index contributed by atoms with van der Waals surface area (Å²) in [4.78, 5) is 8.97. The zero-order chi connectivity index (χ0) is 12.5. The fraction of sp³-hybridized carbons (Fsp3) is 0.692. The minimum Gasteiger partial charge on any atom is -0.384 e. The SMILES string of the molecule is CC(C)c1cc(N)nc(C2(C)CCCCO2)n1. The first-order valence-corrected chi connectivity index (χ1v) is 6.30. The van der Waals surface area contributed by atoms with Gasteiger partial charge in [0.1, 0.15) is 11.4 Å². The fourth-order valence-electron chi connectivity index (χ4n) is 2.13. The van der Waals surface area contributed by atoms with Gasteiger partial charge in [-0.1, -0.05) is 13.8 Å². The molecular weight excluding hydrogens is 214 g/mol. The molecule has 0 aromatic carbocycles. The first kappa shape index (κ1) is 12.3. The van der Waals surface area contributed by atoms with Crippen molar-refractivity contribution < 1.29 is 4.74 Å². The van der Waals surface area contributed by atoms with Crippen molar-refractivity contribution in [2.24, 2.45) is 0 Å². The van der Waals surface area contributed by atoms with Crippen LogP contribution in [0.25, 0.3) is 0 Å². The third-order valence-corrected chi connectivity index (χ3v) is 3.30. The maximum absolute atomic E-state index is 5.86. The van der Waals surface area contributed by atoms with Crippen molar-refractivity contribution in [3.63, 3.8) is 0 Å². The van der Waals surface area contributed by atoms with Gasteiger partial charge >= 0.3 is 0 Å². The molecule has 2 rings (SSSR count). The molecule has 1 unspecified atom stereocenters. The smallest absolute Gasteiger partial charge is 0.162 e. The summed E-state index contributed by atoms with van der Waals surface area (Å²) < 4.78 is 5.86. The first-order chi connectivity index (χ1) is 8.01. The molecule has 0 bridgehead atoms. The first-order valence-electron chi connectivity index (χ1n) is 6.30.